The number of hydrogen-bond acceptors (Lipinski definition) is 5. The van der Waals surface area contributed by atoms with Gasteiger partial charge in [0.15, 0.2) is 0 Å². The first-order valence-electron chi connectivity index (χ1n) is 10.2. The van der Waals surface area contributed by atoms with Crippen LogP contribution in [-0.2, 0) is 16.0 Å². The molecule has 9 heteroatoms. The third-order valence-corrected chi connectivity index (χ3v) is 5.66. The highest BCUT2D eigenvalue weighted by molar-refractivity contribution is 7.76. The number of nitrogens with one attached hydrogen (secondary N) is 1. The Morgan fingerprint density at radius 1 is 0.906 bits per heavy atom. The number of halogens is 1. The lowest BCUT2D eigenvalue weighted by atomic mass is 10.1. The smallest absolute Gasteiger partial charge is 0.234 e. The van der Waals surface area contributed by atoms with Crippen molar-refractivity contribution in [1.29, 1.82) is 0 Å². The van der Waals surface area contributed by atoms with Gasteiger partial charge in [0.25, 0.3) is 0 Å². The van der Waals surface area contributed by atoms with E-state index in [4.69, 9.17) is 21.1 Å². The molecular weight excluding hydrogens is 450 g/mol. The van der Waals surface area contributed by atoms with Crippen LogP contribution in [0.1, 0.15) is 0 Å². The number of nitrogens with zero attached hydrogens (tertiary/aromatic N) is 2. The van der Waals surface area contributed by atoms with Crippen LogP contribution in [0.25, 0.3) is 11.1 Å². The maximum absolute atomic E-state index is 11.5. The summed E-state index contributed by atoms with van der Waals surface area (Å²) in [5, 5.41) is 3.89. The van der Waals surface area contributed by atoms with Crippen LogP contribution >= 0.6 is 11.6 Å². The largest absolute Gasteiger partial charge is 0.491 e. The van der Waals surface area contributed by atoms with Crippen molar-refractivity contribution >= 4 is 28.6 Å². The van der Waals surface area contributed by atoms with Gasteiger partial charge in [-0.15, -0.1) is 0 Å². The lowest BCUT2D eigenvalue weighted by Crippen LogP contribution is -2.33. The maximum atomic E-state index is 11.5. The number of ether oxygens (including phenoxy) is 2. The Kier molecular flexibility index (Phi) is 9.93. The number of benzene rings is 2. The molecule has 0 bridgehead atoms. The van der Waals surface area contributed by atoms with Crippen LogP contribution in [0.4, 0.5) is 5.69 Å². The van der Waals surface area contributed by atoms with E-state index in [2.05, 4.69) is 10.3 Å². The van der Waals surface area contributed by atoms with Gasteiger partial charge in [-0.1, -0.05) is 35.9 Å². The first kappa shape index (κ1) is 24.2. The first-order valence-corrected chi connectivity index (χ1v) is 11.6. The van der Waals surface area contributed by atoms with Crippen molar-refractivity contribution in [1.82, 2.24) is 9.29 Å². The molecule has 0 radical (unpaired) electrons. The second kappa shape index (κ2) is 13.1. The molecule has 32 heavy (non-hydrogen) atoms. The number of pyridine rings is 1. The van der Waals surface area contributed by atoms with E-state index in [0.29, 0.717) is 44.5 Å². The van der Waals surface area contributed by atoms with Gasteiger partial charge in [0.05, 0.1) is 13.2 Å². The molecule has 170 valence electrons. The Morgan fingerprint density at radius 2 is 1.56 bits per heavy atom. The molecule has 1 aromatic heterocycles. The van der Waals surface area contributed by atoms with Crippen molar-refractivity contribution in [3.8, 4) is 16.9 Å². The average Bonchev–Trinajstić information content (AvgIpc) is 2.81. The average molecular weight is 476 g/mol. The van der Waals surface area contributed by atoms with Gasteiger partial charge in [0.2, 0.25) is 11.3 Å². The van der Waals surface area contributed by atoms with Gasteiger partial charge < -0.3 is 14.8 Å². The second-order valence-electron chi connectivity index (χ2n) is 6.81. The monoisotopic (exact) mass is 475 g/mol. The number of hydrogen-bond donors (Lipinski definition) is 2. The molecule has 0 aliphatic carbocycles. The highest BCUT2D eigenvalue weighted by atomic mass is 35.5. The van der Waals surface area contributed by atoms with Crippen molar-refractivity contribution in [3.63, 3.8) is 0 Å². The van der Waals surface area contributed by atoms with Crippen molar-refractivity contribution in [2.24, 2.45) is 0 Å². The number of aromatic nitrogens is 1. The molecule has 0 saturated carbocycles. The Labute approximate surface area is 195 Å². The second-order valence-corrected chi connectivity index (χ2v) is 8.23. The van der Waals surface area contributed by atoms with Gasteiger partial charge in [-0.05, 0) is 47.5 Å². The van der Waals surface area contributed by atoms with E-state index in [1.165, 1.54) is 4.31 Å². The Bertz CT molecular complexity index is 959. The summed E-state index contributed by atoms with van der Waals surface area (Å²) in [6, 6.07) is 19.2. The quantitative estimate of drug-likeness (QED) is 0.282. The molecule has 1 atom stereocenters. The van der Waals surface area contributed by atoms with E-state index in [0.717, 1.165) is 22.6 Å². The molecule has 2 aromatic carbocycles. The van der Waals surface area contributed by atoms with Crippen LogP contribution in [0.2, 0.25) is 5.02 Å². The summed E-state index contributed by atoms with van der Waals surface area (Å²) in [6.45, 7) is 2.40. The zero-order chi connectivity index (χ0) is 22.6. The molecule has 0 saturated heterocycles. The lowest BCUT2D eigenvalue weighted by molar-refractivity contribution is 0.0928. The Hall–Kier alpha value is -2.49. The van der Waals surface area contributed by atoms with Gasteiger partial charge in [0.1, 0.15) is 12.4 Å². The molecule has 0 fully saturated rings. The summed E-state index contributed by atoms with van der Waals surface area (Å²) in [7, 11) is 0. The minimum Gasteiger partial charge on any atom is -0.491 e. The van der Waals surface area contributed by atoms with E-state index in [-0.39, 0.29) is 0 Å². The minimum atomic E-state index is -2.06. The molecule has 3 aromatic rings. The predicted molar refractivity (Wildman–Crippen MR) is 128 cm³/mol. The SMILES string of the molecule is O=S(O)N(CCNc1ccncc1)CCOCCOc1ccc(-c2ccc(Cl)cc2)cc1. The minimum absolute atomic E-state index is 0.334. The molecule has 1 heterocycles. The third-order valence-electron chi connectivity index (χ3n) is 4.60. The van der Waals surface area contributed by atoms with Crippen molar-refractivity contribution in [2.45, 2.75) is 0 Å². The summed E-state index contributed by atoms with van der Waals surface area (Å²) < 4.78 is 33.6. The molecule has 1 unspecified atom stereocenters. The van der Waals surface area contributed by atoms with Crippen molar-refractivity contribution in [2.75, 3.05) is 44.8 Å². The van der Waals surface area contributed by atoms with Crippen molar-refractivity contribution < 1.29 is 18.2 Å². The standard InChI is InChI=1S/C23H26ClN3O4S/c24-21-5-1-19(2-6-21)20-3-7-23(8-4-20)31-18-17-30-16-15-27(32(28)29)14-13-26-22-9-11-25-12-10-22/h1-12H,13-18H2,(H,25,26)(H,28,29). The molecule has 0 aliphatic heterocycles. The zero-order valence-electron chi connectivity index (χ0n) is 17.5. The summed E-state index contributed by atoms with van der Waals surface area (Å²) in [4.78, 5) is 3.95. The van der Waals surface area contributed by atoms with E-state index >= 15 is 0 Å². The normalized spacial score (nSPS) is 12.0. The summed E-state index contributed by atoms with van der Waals surface area (Å²) in [5.74, 6) is 0.756. The molecule has 3 rings (SSSR count). The van der Waals surface area contributed by atoms with Gasteiger partial charge in [-0.25, -0.2) is 4.21 Å². The summed E-state index contributed by atoms with van der Waals surface area (Å²) in [5.41, 5.74) is 3.09. The molecular formula is C23H26ClN3O4S. The topological polar surface area (TPSA) is 83.9 Å². The van der Waals surface area contributed by atoms with Gasteiger partial charge in [-0.2, -0.15) is 4.31 Å². The number of rotatable bonds is 13. The van der Waals surface area contributed by atoms with Gasteiger partial charge in [-0.3, -0.25) is 9.54 Å². The zero-order valence-corrected chi connectivity index (χ0v) is 19.1. The fourth-order valence-corrected chi connectivity index (χ4v) is 3.54. The van der Waals surface area contributed by atoms with E-state index in [1.54, 1.807) is 12.4 Å². The predicted octanol–water partition coefficient (Wildman–Crippen LogP) is 4.35. The van der Waals surface area contributed by atoms with Crippen LogP contribution in [0.15, 0.2) is 73.1 Å². The summed E-state index contributed by atoms with van der Waals surface area (Å²) in [6.07, 6.45) is 3.38. The molecule has 0 spiro atoms. The van der Waals surface area contributed by atoms with Gasteiger partial charge >= 0.3 is 0 Å². The third kappa shape index (κ3) is 8.22. The van der Waals surface area contributed by atoms with Crippen molar-refractivity contribution in [3.05, 3.63) is 78.1 Å². The van der Waals surface area contributed by atoms with Crippen LogP contribution in [0.3, 0.4) is 0 Å². The lowest BCUT2D eigenvalue weighted by Gasteiger charge is -2.18. The molecule has 0 aliphatic rings. The Morgan fingerprint density at radius 3 is 2.22 bits per heavy atom. The van der Waals surface area contributed by atoms with Crippen LogP contribution in [0.5, 0.6) is 5.75 Å². The fraction of sp³-hybridized carbons (Fsp3) is 0.261. The van der Waals surface area contributed by atoms with E-state index in [1.807, 2.05) is 60.7 Å². The van der Waals surface area contributed by atoms with Crippen LogP contribution < -0.4 is 10.1 Å². The van der Waals surface area contributed by atoms with Gasteiger partial charge in [0, 0.05) is 42.7 Å². The van der Waals surface area contributed by atoms with E-state index < -0.39 is 11.3 Å². The van der Waals surface area contributed by atoms with Crippen LogP contribution in [-0.4, -0.2) is 57.5 Å². The summed E-state index contributed by atoms with van der Waals surface area (Å²) >= 11 is 3.87. The highest BCUT2D eigenvalue weighted by Gasteiger charge is 2.10. The maximum Gasteiger partial charge on any atom is 0.234 e. The molecule has 0 amide bonds. The first-order chi connectivity index (χ1) is 15.6. The van der Waals surface area contributed by atoms with E-state index in [9.17, 15) is 8.76 Å². The van der Waals surface area contributed by atoms with Crippen LogP contribution in [0, 0.1) is 0 Å². The number of anilines is 1. The molecule has 7 nitrogen and oxygen atoms in total. The Balaban J connectivity index is 1.31. The fourth-order valence-electron chi connectivity index (χ4n) is 2.94. The molecule has 2 N–H and O–H groups in total. The highest BCUT2D eigenvalue weighted by Crippen LogP contribution is 2.23.